The maximum atomic E-state index is 12.9. The van der Waals surface area contributed by atoms with Crippen LogP contribution in [0, 0.1) is 5.82 Å². The van der Waals surface area contributed by atoms with E-state index in [9.17, 15) is 17.6 Å². The lowest BCUT2D eigenvalue weighted by atomic mass is 9.97. The van der Waals surface area contributed by atoms with Crippen LogP contribution < -0.4 is 10.5 Å². The molecular weight excluding hydrogens is 331 g/mol. The van der Waals surface area contributed by atoms with E-state index in [0.717, 1.165) is 5.56 Å². The number of carbonyl (C=O) groups excluding carboxylic acids is 1. The third-order valence-corrected chi connectivity index (χ3v) is 4.56. The molecule has 128 valence electrons. The minimum atomic E-state index is -3.77. The minimum absolute atomic E-state index is 0.00827. The molecule has 0 aliphatic heterocycles. The number of halogens is 1. The fourth-order valence-corrected chi connectivity index (χ4v) is 2.88. The van der Waals surface area contributed by atoms with Gasteiger partial charge < -0.3 is 5.32 Å². The Morgan fingerprint density at radius 1 is 1.21 bits per heavy atom. The van der Waals surface area contributed by atoms with Gasteiger partial charge in [0.25, 0.3) is 0 Å². The molecule has 2 rings (SSSR count). The van der Waals surface area contributed by atoms with E-state index < -0.39 is 10.0 Å². The van der Waals surface area contributed by atoms with Crippen LogP contribution in [-0.4, -0.2) is 14.3 Å². The molecule has 0 aromatic heterocycles. The number of amides is 1. The molecule has 0 spiro atoms. The normalized spacial score (nSPS) is 12.6. The molecule has 0 aliphatic rings. The van der Waals surface area contributed by atoms with Crippen LogP contribution in [0.1, 0.15) is 30.4 Å². The largest absolute Gasteiger partial charge is 0.352 e. The van der Waals surface area contributed by atoms with E-state index in [-0.39, 0.29) is 35.5 Å². The van der Waals surface area contributed by atoms with Crippen molar-refractivity contribution >= 4 is 15.9 Å². The molecule has 0 fully saturated rings. The van der Waals surface area contributed by atoms with Crippen LogP contribution >= 0.6 is 0 Å². The summed E-state index contributed by atoms with van der Waals surface area (Å²) < 4.78 is 35.5. The summed E-state index contributed by atoms with van der Waals surface area (Å²) in [6.07, 6.45) is 0.251. The minimum Gasteiger partial charge on any atom is -0.352 e. The van der Waals surface area contributed by atoms with Crippen LogP contribution in [0.5, 0.6) is 0 Å². The van der Waals surface area contributed by atoms with Crippen molar-refractivity contribution in [3.05, 3.63) is 65.5 Å². The average Bonchev–Trinajstić information content (AvgIpc) is 2.53. The van der Waals surface area contributed by atoms with Crippen LogP contribution in [0.25, 0.3) is 0 Å². The third-order valence-electron chi connectivity index (χ3n) is 3.65. The summed E-state index contributed by atoms with van der Waals surface area (Å²) in [6, 6.07) is 12.1. The van der Waals surface area contributed by atoms with Crippen molar-refractivity contribution in [1.82, 2.24) is 5.32 Å². The number of rotatable bonds is 6. The van der Waals surface area contributed by atoms with Gasteiger partial charge >= 0.3 is 0 Å². The van der Waals surface area contributed by atoms with Gasteiger partial charge in [-0.05, 0) is 41.3 Å². The van der Waals surface area contributed by atoms with Crippen molar-refractivity contribution in [2.45, 2.75) is 30.7 Å². The monoisotopic (exact) mass is 350 g/mol. The lowest BCUT2D eigenvalue weighted by Gasteiger charge is -2.12. The number of benzene rings is 2. The summed E-state index contributed by atoms with van der Waals surface area (Å²) in [5, 5.41) is 7.82. The van der Waals surface area contributed by atoms with Gasteiger partial charge in [0.15, 0.2) is 0 Å². The summed E-state index contributed by atoms with van der Waals surface area (Å²) >= 11 is 0. The number of hydrogen-bond donors (Lipinski definition) is 2. The van der Waals surface area contributed by atoms with E-state index in [2.05, 4.69) is 5.32 Å². The fourth-order valence-electron chi connectivity index (χ4n) is 2.29. The Hall–Kier alpha value is -2.25. The first kappa shape index (κ1) is 18.1. The molecule has 0 radical (unpaired) electrons. The molecule has 0 saturated carbocycles. The molecule has 0 saturated heterocycles. The fraction of sp³-hybridized carbons (Fsp3) is 0.235. The molecule has 5 nitrogen and oxygen atoms in total. The van der Waals surface area contributed by atoms with Crippen molar-refractivity contribution in [3.63, 3.8) is 0 Å². The van der Waals surface area contributed by atoms with Crippen LogP contribution in [-0.2, 0) is 21.4 Å². The average molecular weight is 350 g/mol. The lowest BCUT2D eigenvalue weighted by Crippen LogP contribution is -2.24. The third kappa shape index (κ3) is 5.14. The first-order valence-electron chi connectivity index (χ1n) is 7.39. The van der Waals surface area contributed by atoms with E-state index in [1.165, 1.54) is 24.3 Å². The highest BCUT2D eigenvalue weighted by Crippen LogP contribution is 2.19. The Morgan fingerprint density at radius 3 is 2.50 bits per heavy atom. The van der Waals surface area contributed by atoms with E-state index >= 15 is 0 Å². The molecule has 24 heavy (non-hydrogen) atoms. The predicted molar refractivity (Wildman–Crippen MR) is 89.1 cm³/mol. The van der Waals surface area contributed by atoms with Crippen LogP contribution in [0.4, 0.5) is 4.39 Å². The number of hydrogen-bond acceptors (Lipinski definition) is 3. The van der Waals surface area contributed by atoms with E-state index in [0.29, 0.717) is 5.56 Å². The highest BCUT2D eigenvalue weighted by atomic mass is 32.2. The van der Waals surface area contributed by atoms with Gasteiger partial charge in [0, 0.05) is 13.0 Å². The van der Waals surface area contributed by atoms with Gasteiger partial charge in [-0.15, -0.1) is 0 Å². The van der Waals surface area contributed by atoms with Gasteiger partial charge in [-0.3, -0.25) is 4.79 Å². The van der Waals surface area contributed by atoms with Crippen LogP contribution in [0.3, 0.4) is 0 Å². The Bertz CT molecular complexity index is 820. The Morgan fingerprint density at radius 2 is 1.88 bits per heavy atom. The molecule has 2 aromatic rings. The SMILES string of the molecule is CC(CC(=O)NCc1cccc(S(N)(=O)=O)c1)c1ccc(F)cc1. The summed E-state index contributed by atoms with van der Waals surface area (Å²) in [7, 11) is -3.77. The maximum absolute atomic E-state index is 12.9. The zero-order chi connectivity index (χ0) is 17.7. The first-order chi connectivity index (χ1) is 11.3. The molecular formula is C17H19FN2O3S. The highest BCUT2D eigenvalue weighted by molar-refractivity contribution is 7.89. The van der Waals surface area contributed by atoms with Gasteiger partial charge in [-0.1, -0.05) is 31.2 Å². The van der Waals surface area contributed by atoms with Crippen LogP contribution in [0.2, 0.25) is 0 Å². The molecule has 2 aromatic carbocycles. The second kappa shape index (κ2) is 7.55. The molecule has 0 heterocycles. The van der Waals surface area contributed by atoms with Crippen LogP contribution in [0.15, 0.2) is 53.4 Å². The second-order valence-corrected chi connectivity index (χ2v) is 7.19. The maximum Gasteiger partial charge on any atom is 0.238 e. The second-order valence-electron chi connectivity index (χ2n) is 5.63. The molecule has 0 bridgehead atoms. The number of sulfonamides is 1. The summed E-state index contributed by atoms with van der Waals surface area (Å²) in [5.74, 6) is -0.542. The summed E-state index contributed by atoms with van der Waals surface area (Å²) in [6.45, 7) is 2.09. The Kier molecular flexibility index (Phi) is 5.69. The topological polar surface area (TPSA) is 89.3 Å². The molecule has 1 unspecified atom stereocenters. The van der Waals surface area contributed by atoms with Gasteiger partial charge in [0.05, 0.1) is 4.90 Å². The number of carbonyl (C=O) groups is 1. The van der Waals surface area contributed by atoms with Crippen molar-refractivity contribution in [2.75, 3.05) is 0 Å². The first-order valence-corrected chi connectivity index (χ1v) is 8.94. The smallest absolute Gasteiger partial charge is 0.238 e. The summed E-state index contributed by atoms with van der Waals surface area (Å²) in [4.78, 5) is 12.0. The molecule has 0 aliphatic carbocycles. The van der Waals surface area contributed by atoms with Crippen molar-refractivity contribution < 1.29 is 17.6 Å². The lowest BCUT2D eigenvalue weighted by molar-refractivity contribution is -0.121. The summed E-state index contributed by atoms with van der Waals surface area (Å²) in [5.41, 5.74) is 1.52. The van der Waals surface area contributed by atoms with Gasteiger partial charge in [0.1, 0.15) is 5.82 Å². The number of nitrogens with two attached hydrogens (primary N) is 1. The van der Waals surface area contributed by atoms with E-state index in [1.54, 1.807) is 24.3 Å². The quantitative estimate of drug-likeness (QED) is 0.837. The number of primary sulfonamides is 1. The zero-order valence-corrected chi connectivity index (χ0v) is 14.0. The van der Waals surface area contributed by atoms with Gasteiger partial charge in [0.2, 0.25) is 15.9 Å². The zero-order valence-electron chi connectivity index (χ0n) is 13.2. The Balaban J connectivity index is 1.92. The van der Waals surface area contributed by atoms with E-state index in [1.807, 2.05) is 6.92 Å². The van der Waals surface area contributed by atoms with Gasteiger partial charge in [-0.25, -0.2) is 17.9 Å². The molecule has 7 heteroatoms. The highest BCUT2D eigenvalue weighted by Gasteiger charge is 2.12. The predicted octanol–water partition coefficient (Wildman–Crippen LogP) is 2.28. The number of nitrogens with one attached hydrogen (secondary N) is 1. The molecule has 3 N–H and O–H groups in total. The Labute approximate surface area is 140 Å². The van der Waals surface area contributed by atoms with Crippen molar-refractivity contribution in [1.29, 1.82) is 0 Å². The van der Waals surface area contributed by atoms with Crippen molar-refractivity contribution in [3.8, 4) is 0 Å². The van der Waals surface area contributed by atoms with E-state index in [4.69, 9.17) is 5.14 Å². The van der Waals surface area contributed by atoms with Crippen molar-refractivity contribution in [2.24, 2.45) is 5.14 Å². The molecule has 1 atom stereocenters. The molecule has 1 amide bonds. The van der Waals surface area contributed by atoms with Gasteiger partial charge in [-0.2, -0.15) is 0 Å². The standard InChI is InChI=1S/C17H19FN2O3S/c1-12(14-5-7-15(18)8-6-14)9-17(21)20-11-13-3-2-4-16(10-13)24(19,22)23/h2-8,10,12H,9,11H2,1H3,(H,20,21)(H2,19,22,23).